The van der Waals surface area contributed by atoms with Gasteiger partial charge in [-0.3, -0.25) is 0 Å². The first kappa shape index (κ1) is 15.4. The maximum Gasteiger partial charge on any atom is 0.356 e. The Kier molecular flexibility index (Phi) is 4.55. The number of halogens is 2. The van der Waals surface area contributed by atoms with Gasteiger partial charge in [0.2, 0.25) is 0 Å². The van der Waals surface area contributed by atoms with E-state index in [4.69, 9.17) is 28.9 Å². The lowest BCUT2D eigenvalue weighted by atomic mass is 10.2. The molecule has 5 nitrogen and oxygen atoms in total. The van der Waals surface area contributed by atoms with Crippen molar-refractivity contribution >= 4 is 46.4 Å². The van der Waals surface area contributed by atoms with Crippen molar-refractivity contribution in [3.63, 3.8) is 0 Å². The van der Waals surface area contributed by atoms with Crippen LogP contribution in [0.2, 0.25) is 10.0 Å². The van der Waals surface area contributed by atoms with E-state index in [1.807, 2.05) is 6.92 Å². The van der Waals surface area contributed by atoms with Gasteiger partial charge in [-0.15, -0.1) is 0 Å². The summed E-state index contributed by atoms with van der Waals surface area (Å²) in [7, 11) is 1.28. The number of carbonyl (C=O) groups is 1. The first-order valence-corrected chi connectivity index (χ1v) is 6.75. The third kappa shape index (κ3) is 3.37. The van der Waals surface area contributed by atoms with Crippen LogP contribution in [0.15, 0.2) is 24.3 Å². The van der Waals surface area contributed by atoms with Crippen LogP contribution in [0, 0.1) is 6.92 Å². The van der Waals surface area contributed by atoms with Crippen molar-refractivity contribution in [3.8, 4) is 0 Å². The Morgan fingerprint density at radius 1 is 1.29 bits per heavy atom. The predicted octanol–water partition coefficient (Wildman–Crippen LogP) is 3.81. The smallest absolute Gasteiger partial charge is 0.356 e. The van der Waals surface area contributed by atoms with Gasteiger partial charge in [0.15, 0.2) is 11.5 Å². The monoisotopic (exact) mass is 325 g/mol. The first-order chi connectivity index (χ1) is 9.92. The van der Waals surface area contributed by atoms with Gasteiger partial charge in [-0.1, -0.05) is 23.2 Å². The van der Waals surface area contributed by atoms with Crippen molar-refractivity contribution in [2.24, 2.45) is 0 Å². The fourth-order valence-corrected chi connectivity index (χ4v) is 2.09. The average molecular weight is 326 g/mol. The molecule has 21 heavy (non-hydrogen) atoms. The third-order valence-electron chi connectivity index (χ3n) is 2.82. The van der Waals surface area contributed by atoms with Crippen LogP contribution < -0.4 is 11.1 Å². The summed E-state index contributed by atoms with van der Waals surface area (Å²) in [6.45, 7) is 1.85. The zero-order valence-corrected chi connectivity index (χ0v) is 12.9. The Labute approximate surface area is 132 Å². The number of pyridine rings is 1. The van der Waals surface area contributed by atoms with Crippen LogP contribution in [0.4, 0.5) is 17.2 Å². The quantitative estimate of drug-likeness (QED) is 0.839. The highest BCUT2D eigenvalue weighted by molar-refractivity contribution is 6.35. The van der Waals surface area contributed by atoms with E-state index in [1.165, 1.54) is 13.2 Å². The first-order valence-electron chi connectivity index (χ1n) is 6.00. The molecule has 0 unspecified atom stereocenters. The number of hydrogen-bond acceptors (Lipinski definition) is 5. The van der Waals surface area contributed by atoms with E-state index in [9.17, 15) is 4.79 Å². The Balaban J connectivity index is 2.39. The molecule has 2 rings (SSSR count). The van der Waals surface area contributed by atoms with Crippen molar-refractivity contribution in [3.05, 3.63) is 45.6 Å². The predicted molar refractivity (Wildman–Crippen MR) is 84.5 cm³/mol. The van der Waals surface area contributed by atoms with Crippen molar-refractivity contribution in [1.82, 2.24) is 4.98 Å². The highest BCUT2D eigenvalue weighted by atomic mass is 35.5. The molecule has 2 aromatic rings. The number of aromatic nitrogens is 1. The molecular formula is C14H13Cl2N3O2. The van der Waals surface area contributed by atoms with E-state index in [1.54, 1.807) is 18.2 Å². The SMILES string of the molecule is COC(=O)c1ccc(N)c(Nc2cc(Cl)c(C)cc2Cl)n1. The van der Waals surface area contributed by atoms with Gasteiger partial charge in [0.05, 0.1) is 23.5 Å². The molecule has 0 saturated heterocycles. The Morgan fingerprint density at radius 2 is 2.00 bits per heavy atom. The van der Waals surface area contributed by atoms with Gasteiger partial charge in [0.1, 0.15) is 0 Å². The summed E-state index contributed by atoms with van der Waals surface area (Å²) < 4.78 is 4.62. The Morgan fingerprint density at radius 3 is 2.67 bits per heavy atom. The summed E-state index contributed by atoms with van der Waals surface area (Å²) >= 11 is 12.2. The summed E-state index contributed by atoms with van der Waals surface area (Å²) in [5.74, 6) is -0.245. The molecule has 3 N–H and O–H groups in total. The summed E-state index contributed by atoms with van der Waals surface area (Å²) in [6, 6.07) is 6.44. The van der Waals surface area contributed by atoms with Crippen molar-refractivity contribution < 1.29 is 9.53 Å². The van der Waals surface area contributed by atoms with Gasteiger partial charge in [0, 0.05) is 5.02 Å². The standard InChI is InChI=1S/C14H13Cl2N3O2/c1-7-5-9(16)12(6-8(7)15)19-13-10(17)3-4-11(18-13)14(20)21-2/h3-6H,17H2,1-2H3,(H,18,19). The highest BCUT2D eigenvalue weighted by Crippen LogP contribution is 2.32. The number of benzene rings is 1. The van der Waals surface area contributed by atoms with Crippen LogP contribution in [-0.2, 0) is 4.74 Å². The fourth-order valence-electron chi connectivity index (χ4n) is 1.66. The molecule has 0 radical (unpaired) electrons. The van der Waals surface area contributed by atoms with E-state index in [2.05, 4.69) is 15.0 Å². The number of nitrogens with one attached hydrogen (secondary N) is 1. The Bertz CT molecular complexity index is 705. The summed E-state index contributed by atoms with van der Waals surface area (Å²) in [5.41, 5.74) is 7.76. The van der Waals surface area contributed by atoms with E-state index in [0.29, 0.717) is 27.2 Å². The third-order valence-corrected chi connectivity index (χ3v) is 3.54. The lowest BCUT2D eigenvalue weighted by molar-refractivity contribution is 0.0594. The molecule has 110 valence electrons. The van der Waals surface area contributed by atoms with E-state index >= 15 is 0 Å². The van der Waals surface area contributed by atoms with Crippen molar-refractivity contribution in [2.75, 3.05) is 18.2 Å². The second kappa shape index (κ2) is 6.20. The second-order valence-electron chi connectivity index (χ2n) is 4.33. The number of hydrogen-bond donors (Lipinski definition) is 2. The molecule has 7 heteroatoms. The number of nitrogens with two attached hydrogens (primary N) is 1. The van der Waals surface area contributed by atoms with Crippen LogP contribution in [0.3, 0.4) is 0 Å². The van der Waals surface area contributed by atoms with Crippen molar-refractivity contribution in [1.29, 1.82) is 0 Å². The number of nitrogens with zero attached hydrogens (tertiary/aromatic N) is 1. The molecule has 0 aliphatic rings. The molecule has 0 saturated carbocycles. The van der Waals surface area contributed by atoms with Gasteiger partial charge in [0.25, 0.3) is 0 Å². The molecular weight excluding hydrogens is 313 g/mol. The number of rotatable bonds is 3. The highest BCUT2D eigenvalue weighted by Gasteiger charge is 2.12. The molecule has 0 amide bonds. The Hall–Kier alpha value is -1.98. The summed E-state index contributed by atoms with van der Waals surface area (Å²) in [6.07, 6.45) is 0. The number of nitrogen functional groups attached to an aromatic ring is 1. The number of anilines is 3. The number of aryl methyl sites for hydroxylation is 1. The maximum absolute atomic E-state index is 11.5. The minimum absolute atomic E-state index is 0.142. The summed E-state index contributed by atoms with van der Waals surface area (Å²) in [4.78, 5) is 15.6. The lowest BCUT2D eigenvalue weighted by Crippen LogP contribution is -2.08. The minimum atomic E-state index is -0.550. The number of carbonyl (C=O) groups excluding carboxylic acids is 1. The molecule has 1 heterocycles. The molecule has 1 aromatic carbocycles. The summed E-state index contributed by atoms with van der Waals surface area (Å²) in [5, 5.41) is 4.00. The molecule has 1 aromatic heterocycles. The van der Waals surface area contributed by atoms with Crippen LogP contribution in [0.1, 0.15) is 16.1 Å². The maximum atomic E-state index is 11.5. The van der Waals surface area contributed by atoms with Gasteiger partial charge >= 0.3 is 5.97 Å². The van der Waals surface area contributed by atoms with E-state index in [0.717, 1.165) is 5.56 Å². The van der Waals surface area contributed by atoms with Crippen LogP contribution in [0.5, 0.6) is 0 Å². The van der Waals surface area contributed by atoms with Gasteiger partial charge in [-0.05, 0) is 36.8 Å². The van der Waals surface area contributed by atoms with E-state index < -0.39 is 5.97 Å². The average Bonchev–Trinajstić information content (AvgIpc) is 2.46. The molecule has 0 atom stereocenters. The second-order valence-corrected chi connectivity index (χ2v) is 5.15. The molecule has 0 spiro atoms. The minimum Gasteiger partial charge on any atom is -0.464 e. The van der Waals surface area contributed by atoms with Crippen molar-refractivity contribution in [2.45, 2.75) is 6.92 Å². The normalized spacial score (nSPS) is 10.3. The lowest BCUT2D eigenvalue weighted by Gasteiger charge is -2.12. The molecule has 0 aliphatic carbocycles. The van der Waals surface area contributed by atoms with E-state index in [-0.39, 0.29) is 5.69 Å². The van der Waals surface area contributed by atoms with Gasteiger partial charge < -0.3 is 15.8 Å². The van der Waals surface area contributed by atoms with Crippen LogP contribution >= 0.6 is 23.2 Å². The fraction of sp³-hybridized carbons (Fsp3) is 0.143. The number of esters is 1. The molecule has 0 aliphatic heterocycles. The topological polar surface area (TPSA) is 77.2 Å². The number of methoxy groups -OCH3 is 1. The number of ether oxygens (including phenoxy) is 1. The van der Waals surface area contributed by atoms with Gasteiger partial charge in [-0.25, -0.2) is 9.78 Å². The van der Waals surface area contributed by atoms with Crippen LogP contribution in [0.25, 0.3) is 0 Å². The van der Waals surface area contributed by atoms with Crippen LogP contribution in [-0.4, -0.2) is 18.1 Å². The zero-order valence-electron chi connectivity index (χ0n) is 11.4. The zero-order chi connectivity index (χ0) is 15.6. The largest absolute Gasteiger partial charge is 0.464 e. The van der Waals surface area contributed by atoms with Gasteiger partial charge in [-0.2, -0.15) is 0 Å². The molecule has 0 bridgehead atoms. The molecule has 0 fully saturated rings.